The molecular weight excluding hydrogens is 226 g/mol. The lowest BCUT2D eigenvalue weighted by Gasteiger charge is -2.18. The van der Waals surface area contributed by atoms with Crippen molar-refractivity contribution in [3.8, 4) is 0 Å². The molecule has 0 fully saturated rings. The number of carbonyl (C=O) groups excluding carboxylic acids is 1. The van der Waals surface area contributed by atoms with Gasteiger partial charge >= 0.3 is 0 Å². The van der Waals surface area contributed by atoms with Crippen LogP contribution >= 0.6 is 0 Å². The van der Waals surface area contributed by atoms with Crippen LogP contribution in [0.15, 0.2) is 36.5 Å². The Hall–Kier alpha value is -2.23. The molecule has 1 amide bonds. The van der Waals surface area contributed by atoms with Crippen LogP contribution in [0, 0.1) is 0 Å². The van der Waals surface area contributed by atoms with Gasteiger partial charge in [0.1, 0.15) is 5.69 Å². The topological polar surface area (TPSA) is 56.9 Å². The Morgan fingerprint density at radius 1 is 1.28 bits per heavy atom. The summed E-state index contributed by atoms with van der Waals surface area (Å²) in [6.07, 6.45) is 4.01. The molecule has 0 unspecified atom stereocenters. The minimum absolute atomic E-state index is 0.115. The molecule has 0 saturated heterocycles. The summed E-state index contributed by atoms with van der Waals surface area (Å²) in [4.78, 5) is 14.8. The van der Waals surface area contributed by atoms with Crippen molar-refractivity contribution in [2.45, 2.75) is 12.8 Å². The van der Waals surface area contributed by atoms with Gasteiger partial charge < -0.3 is 15.6 Å². The van der Waals surface area contributed by atoms with Crippen molar-refractivity contribution in [2.75, 3.05) is 17.2 Å². The van der Waals surface area contributed by atoms with Crippen LogP contribution in [0.25, 0.3) is 0 Å². The normalized spacial score (nSPS) is 13.6. The third kappa shape index (κ3) is 2.09. The number of fused-ring (bicyclic) bond motifs is 1. The lowest BCUT2D eigenvalue weighted by molar-refractivity contribution is 0.102. The zero-order valence-corrected chi connectivity index (χ0v) is 9.99. The fraction of sp³-hybridized carbons (Fsp3) is 0.214. The van der Waals surface area contributed by atoms with E-state index in [-0.39, 0.29) is 5.91 Å². The van der Waals surface area contributed by atoms with Gasteiger partial charge in [-0.25, -0.2) is 0 Å². The molecule has 0 saturated carbocycles. The zero-order chi connectivity index (χ0) is 12.4. The molecule has 0 spiro atoms. The molecule has 1 aromatic heterocycles. The van der Waals surface area contributed by atoms with Crippen LogP contribution in [-0.4, -0.2) is 17.4 Å². The Balaban J connectivity index is 1.79. The van der Waals surface area contributed by atoms with Crippen molar-refractivity contribution in [3.63, 3.8) is 0 Å². The number of aromatic nitrogens is 1. The first-order chi connectivity index (χ1) is 8.83. The quantitative estimate of drug-likeness (QED) is 0.757. The Morgan fingerprint density at radius 3 is 3.06 bits per heavy atom. The van der Waals surface area contributed by atoms with Crippen LogP contribution in [0.2, 0.25) is 0 Å². The highest BCUT2D eigenvalue weighted by Gasteiger charge is 2.11. The standard InChI is InChI=1S/C14H15N3O/c18-14(12-4-2-8-15-12)17-11-6-5-10-3-1-7-16-13(10)9-11/h2,4-6,8-9,15-16H,1,3,7H2,(H,17,18). The first-order valence-corrected chi connectivity index (χ1v) is 6.14. The molecule has 1 aliphatic rings. The minimum Gasteiger partial charge on any atom is -0.385 e. The van der Waals surface area contributed by atoms with Crippen LogP contribution in [0.3, 0.4) is 0 Å². The summed E-state index contributed by atoms with van der Waals surface area (Å²) in [5.74, 6) is -0.115. The van der Waals surface area contributed by atoms with Crippen LogP contribution in [-0.2, 0) is 6.42 Å². The molecule has 4 heteroatoms. The maximum absolute atomic E-state index is 11.9. The Bertz CT molecular complexity index is 560. The molecule has 18 heavy (non-hydrogen) atoms. The maximum Gasteiger partial charge on any atom is 0.272 e. The fourth-order valence-electron chi connectivity index (χ4n) is 2.21. The summed E-state index contributed by atoms with van der Waals surface area (Å²) >= 11 is 0. The van der Waals surface area contributed by atoms with Gasteiger partial charge in [0.25, 0.3) is 5.91 Å². The van der Waals surface area contributed by atoms with E-state index < -0.39 is 0 Å². The highest BCUT2D eigenvalue weighted by Crippen LogP contribution is 2.25. The SMILES string of the molecule is O=C(Nc1ccc2c(c1)NCCC2)c1ccc[nH]1. The second-order valence-corrected chi connectivity index (χ2v) is 4.44. The Labute approximate surface area is 105 Å². The number of rotatable bonds is 2. The molecule has 3 rings (SSSR count). The molecule has 3 N–H and O–H groups in total. The predicted octanol–water partition coefficient (Wildman–Crippen LogP) is 2.63. The summed E-state index contributed by atoms with van der Waals surface area (Å²) in [6.45, 7) is 1.00. The number of aromatic amines is 1. The molecule has 4 nitrogen and oxygen atoms in total. The van der Waals surface area contributed by atoms with E-state index >= 15 is 0 Å². The van der Waals surface area contributed by atoms with Crippen LogP contribution in [0.4, 0.5) is 11.4 Å². The van der Waals surface area contributed by atoms with E-state index in [1.54, 1.807) is 12.3 Å². The molecule has 2 aromatic rings. The third-order valence-electron chi connectivity index (χ3n) is 3.15. The van der Waals surface area contributed by atoms with Crippen molar-refractivity contribution in [1.82, 2.24) is 4.98 Å². The van der Waals surface area contributed by atoms with Crippen molar-refractivity contribution >= 4 is 17.3 Å². The number of H-pyrrole nitrogens is 1. The average Bonchev–Trinajstić information content (AvgIpc) is 2.92. The number of benzene rings is 1. The Kier molecular flexibility index (Phi) is 2.76. The Morgan fingerprint density at radius 2 is 2.22 bits per heavy atom. The van der Waals surface area contributed by atoms with E-state index in [2.05, 4.69) is 21.7 Å². The predicted molar refractivity (Wildman–Crippen MR) is 72.0 cm³/mol. The number of hydrogen-bond donors (Lipinski definition) is 3. The maximum atomic E-state index is 11.9. The molecule has 0 aliphatic carbocycles. The monoisotopic (exact) mass is 241 g/mol. The highest BCUT2D eigenvalue weighted by molar-refractivity contribution is 6.03. The van der Waals surface area contributed by atoms with Crippen molar-refractivity contribution < 1.29 is 4.79 Å². The van der Waals surface area contributed by atoms with Gasteiger partial charge in [-0.2, -0.15) is 0 Å². The van der Waals surface area contributed by atoms with E-state index in [1.807, 2.05) is 18.2 Å². The number of nitrogens with one attached hydrogen (secondary N) is 3. The van der Waals surface area contributed by atoms with Gasteiger partial charge in [0, 0.05) is 24.1 Å². The molecule has 2 heterocycles. The lowest BCUT2D eigenvalue weighted by Crippen LogP contribution is -2.15. The third-order valence-corrected chi connectivity index (χ3v) is 3.15. The number of anilines is 2. The van der Waals surface area contributed by atoms with E-state index in [0.717, 1.165) is 24.3 Å². The van der Waals surface area contributed by atoms with Gasteiger partial charge in [0.15, 0.2) is 0 Å². The van der Waals surface area contributed by atoms with E-state index in [9.17, 15) is 4.79 Å². The number of carbonyl (C=O) groups is 1. The second-order valence-electron chi connectivity index (χ2n) is 4.44. The van der Waals surface area contributed by atoms with E-state index in [1.165, 1.54) is 12.0 Å². The zero-order valence-electron chi connectivity index (χ0n) is 9.99. The second kappa shape index (κ2) is 4.56. The molecule has 92 valence electrons. The molecule has 1 aliphatic heterocycles. The number of aryl methyl sites for hydroxylation is 1. The van der Waals surface area contributed by atoms with Crippen molar-refractivity contribution in [1.29, 1.82) is 0 Å². The van der Waals surface area contributed by atoms with E-state index in [0.29, 0.717) is 5.69 Å². The van der Waals surface area contributed by atoms with Crippen LogP contribution < -0.4 is 10.6 Å². The van der Waals surface area contributed by atoms with Crippen molar-refractivity contribution in [2.24, 2.45) is 0 Å². The fourth-order valence-corrected chi connectivity index (χ4v) is 2.21. The molecule has 1 aromatic carbocycles. The lowest BCUT2D eigenvalue weighted by atomic mass is 10.0. The first-order valence-electron chi connectivity index (χ1n) is 6.14. The molecular formula is C14H15N3O. The average molecular weight is 241 g/mol. The summed E-state index contributed by atoms with van der Waals surface area (Å²) in [6, 6.07) is 9.59. The van der Waals surface area contributed by atoms with Gasteiger partial charge in [0.2, 0.25) is 0 Å². The summed E-state index contributed by atoms with van der Waals surface area (Å²) in [5.41, 5.74) is 3.84. The van der Waals surface area contributed by atoms with Gasteiger partial charge in [-0.3, -0.25) is 4.79 Å². The molecule has 0 radical (unpaired) electrons. The number of amides is 1. The van der Waals surface area contributed by atoms with Gasteiger partial charge in [-0.1, -0.05) is 6.07 Å². The summed E-state index contributed by atoms with van der Waals surface area (Å²) < 4.78 is 0. The largest absolute Gasteiger partial charge is 0.385 e. The smallest absolute Gasteiger partial charge is 0.272 e. The first kappa shape index (κ1) is 10.9. The van der Waals surface area contributed by atoms with Gasteiger partial charge in [-0.05, 0) is 42.7 Å². The molecule has 0 bridgehead atoms. The van der Waals surface area contributed by atoms with Gasteiger partial charge in [0.05, 0.1) is 0 Å². The van der Waals surface area contributed by atoms with Gasteiger partial charge in [-0.15, -0.1) is 0 Å². The minimum atomic E-state index is -0.115. The molecule has 0 atom stereocenters. The van der Waals surface area contributed by atoms with Crippen molar-refractivity contribution in [3.05, 3.63) is 47.8 Å². The summed E-state index contributed by atoms with van der Waals surface area (Å²) in [7, 11) is 0. The summed E-state index contributed by atoms with van der Waals surface area (Å²) in [5, 5.41) is 6.24. The highest BCUT2D eigenvalue weighted by atomic mass is 16.1. The van der Waals surface area contributed by atoms with Crippen LogP contribution in [0.5, 0.6) is 0 Å². The van der Waals surface area contributed by atoms with Crippen LogP contribution in [0.1, 0.15) is 22.5 Å². The van der Waals surface area contributed by atoms with E-state index in [4.69, 9.17) is 0 Å². The number of hydrogen-bond acceptors (Lipinski definition) is 2.